The summed E-state index contributed by atoms with van der Waals surface area (Å²) in [7, 11) is 0. The Morgan fingerprint density at radius 3 is 0.769 bits per heavy atom. The molecule has 4 N–H and O–H groups in total. The molecule has 0 radical (unpaired) electrons. The molecule has 4 aromatic rings. The van der Waals surface area contributed by atoms with Gasteiger partial charge in [0.2, 0.25) is 0 Å². The van der Waals surface area contributed by atoms with Gasteiger partial charge in [0.25, 0.3) is 0 Å². The van der Waals surface area contributed by atoms with Crippen LogP contribution in [0, 0.1) is 17.3 Å². The minimum Gasteiger partial charge on any atom is -0.508 e. The molecule has 4 nitrogen and oxygen atoms in total. The van der Waals surface area contributed by atoms with E-state index in [1.807, 2.05) is 41.5 Å². The van der Waals surface area contributed by atoms with E-state index in [2.05, 4.69) is 76.2 Å². The van der Waals surface area contributed by atoms with Crippen molar-refractivity contribution in [3.63, 3.8) is 0 Å². The van der Waals surface area contributed by atoms with Crippen molar-refractivity contribution in [2.24, 2.45) is 17.3 Å². The number of benzene rings is 4. The number of hydrogen-bond donors (Lipinski definition) is 4. The van der Waals surface area contributed by atoms with Crippen LogP contribution in [0.1, 0.15) is 149 Å². The van der Waals surface area contributed by atoms with Gasteiger partial charge in [0.05, 0.1) is 0 Å². The Labute approximate surface area is 317 Å². The van der Waals surface area contributed by atoms with E-state index < -0.39 is 0 Å². The summed E-state index contributed by atoms with van der Waals surface area (Å²) in [5, 5.41) is 40.0. The Morgan fingerprint density at radius 1 is 0.423 bits per heavy atom. The predicted octanol–water partition coefficient (Wildman–Crippen LogP) is 13.7. The topological polar surface area (TPSA) is 80.9 Å². The molecule has 2 fully saturated rings. The molecule has 286 valence electrons. The van der Waals surface area contributed by atoms with Crippen molar-refractivity contribution >= 4 is 0 Å². The van der Waals surface area contributed by atoms with Crippen molar-refractivity contribution in [3.05, 3.63) is 119 Å². The predicted molar refractivity (Wildman–Crippen MR) is 222 cm³/mol. The minimum absolute atomic E-state index is 0.132. The molecule has 4 aromatic carbocycles. The third kappa shape index (κ3) is 10.1. The minimum atomic E-state index is -0.132. The number of phenols is 4. The summed E-state index contributed by atoms with van der Waals surface area (Å²) >= 11 is 0. The van der Waals surface area contributed by atoms with Gasteiger partial charge in [-0.2, -0.15) is 0 Å². The van der Waals surface area contributed by atoms with Crippen LogP contribution in [0.25, 0.3) is 0 Å². The zero-order valence-corrected chi connectivity index (χ0v) is 34.0. The second-order valence-corrected chi connectivity index (χ2v) is 14.4. The Morgan fingerprint density at radius 2 is 0.596 bits per heavy atom. The van der Waals surface area contributed by atoms with E-state index in [-0.39, 0.29) is 39.2 Å². The number of aromatic hydroxyl groups is 4. The van der Waals surface area contributed by atoms with Gasteiger partial charge in [-0.1, -0.05) is 124 Å². The van der Waals surface area contributed by atoms with E-state index in [1.165, 1.54) is 28.7 Å². The van der Waals surface area contributed by atoms with Gasteiger partial charge in [0.15, 0.2) is 0 Å². The molecule has 2 aliphatic carbocycles. The largest absolute Gasteiger partial charge is 0.508 e. The molecular weight excluding hydrogens is 641 g/mol. The standard InChI is InChI=1S/C39H44O4.C3H8.3C2H6/c1-37(2,27-19-23-38(24-20-27,29-3-11-33(40)12-4-29)30-5-13-34(41)14-6-30)28-21-25-39(26-22-28,31-7-15-35(42)16-8-31)32-9-17-36(43)18-10-32;1-3-2;3*1-2/h3-18,27-28,40-43H,19-26H2,1-2H3;3H2,1-2H3;3*1-2H3. The van der Waals surface area contributed by atoms with Crippen molar-refractivity contribution in [2.75, 3.05) is 0 Å². The molecule has 0 unspecified atom stereocenters. The third-order valence-corrected chi connectivity index (χ3v) is 11.5. The van der Waals surface area contributed by atoms with Crippen LogP contribution in [0.15, 0.2) is 97.1 Å². The Bertz CT molecular complexity index is 1310. The fourth-order valence-corrected chi connectivity index (χ4v) is 8.65. The number of rotatable bonds is 6. The van der Waals surface area contributed by atoms with Gasteiger partial charge >= 0.3 is 0 Å². The molecule has 52 heavy (non-hydrogen) atoms. The first kappa shape index (κ1) is 44.2. The molecule has 0 bridgehead atoms. The summed E-state index contributed by atoms with van der Waals surface area (Å²) in [4.78, 5) is 0. The Kier molecular flexibility index (Phi) is 17.8. The highest BCUT2D eigenvalue weighted by Gasteiger charge is 2.48. The maximum atomic E-state index is 9.99. The van der Waals surface area contributed by atoms with E-state index in [0.717, 1.165) is 51.4 Å². The van der Waals surface area contributed by atoms with Crippen molar-refractivity contribution in [3.8, 4) is 23.0 Å². The molecule has 0 saturated heterocycles. The maximum Gasteiger partial charge on any atom is 0.115 e. The normalized spacial score (nSPS) is 16.6. The lowest BCUT2D eigenvalue weighted by Gasteiger charge is -2.51. The van der Waals surface area contributed by atoms with E-state index in [1.54, 1.807) is 48.5 Å². The van der Waals surface area contributed by atoms with Crippen molar-refractivity contribution in [2.45, 2.75) is 138 Å². The van der Waals surface area contributed by atoms with Crippen LogP contribution in [-0.2, 0) is 10.8 Å². The zero-order chi connectivity index (χ0) is 39.0. The molecule has 0 amide bonds. The molecule has 0 atom stereocenters. The van der Waals surface area contributed by atoms with Crippen molar-refractivity contribution in [1.82, 2.24) is 0 Å². The highest BCUT2D eigenvalue weighted by Crippen LogP contribution is 2.57. The summed E-state index contributed by atoms with van der Waals surface area (Å²) in [6.45, 7) is 21.2. The Hall–Kier alpha value is -3.92. The summed E-state index contributed by atoms with van der Waals surface area (Å²) in [6.07, 6.45) is 9.92. The summed E-state index contributed by atoms with van der Waals surface area (Å²) < 4.78 is 0. The first-order chi connectivity index (χ1) is 25.0. The van der Waals surface area contributed by atoms with E-state index in [4.69, 9.17) is 0 Å². The fraction of sp³-hybridized carbons (Fsp3) is 0.500. The van der Waals surface area contributed by atoms with Crippen LogP contribution in [0.3, 0.4) is 0 Å². The molecule has 0 aliphatic heterocycles. The average molecular weight is 711 g/mol. The molecule has 6 rings (SSSR count). The first-order valence-corrected chi connectivity index (χ1v) is 20.2. The van der Waals surface area contributed by atoms with E-state index in [0.29, 0.717) is 11.8 Å². The molecule has 2 aliphatic rings. The van der Waals surface area contributed by atoms with E-state index in [9.17, 15) is 20.4 Å². The summed E-state index contributed by atoms with van der Waals surface area (Å²) in [5.74, 6) is 2.35. The number of hydrogen-bond acceptors (Lipinski definition) is 4. The monoisotopic (exact) mass is 711 g/mol. The lowest BCUT2D eigenvalue weighted by molar-refractivity contribution is 0.0364. The highest BCUT2D eigenvalue weighted by atomic mass is 16.3. The van der Waals surface area contributed by atoms with Crippen molar-refractivity contribution < 1.29 is 20.4 Å². The number of phenolic OH excluding ortho intramolecular Hbond substituents is 4. The van der Waals surface area contributed by atoms with Gasteiger partial charge in [0.1, 0.15) is 23.0 Å². The van der Waals surface area contributed by atoms with Gasteiger partial charge in [0, 0.05) is 10.8 Å². The highest BCUT2D eigenvalue weighted by molar-refractivity contribution is 5.45. The van der Waals surface area contributed by atoms with Crippen LogP contribution in [0.2, 0.25) is 0 Å². The smallest absolute Gasteiger partial charge is 0.115 e. The second-order valence-electron chi connectivity index (χ2n) is 14.4. The lowest BCUT2D eigenvalue weighted by Crippen LogP contribution is -2.43. The molecule has 2 saturated carbocycles. The fourth-order valence-electron chi connectivity index (χ4n) is 8.65. The lowest BCUT2D eigenvalue weighted by atomic mass is 9.53. The van der Waals surface area contributed by atoms with Crippen LogP contribution in [-0.4, -0.2) is 20.4 Å². The third-order valence-electron chi connectivity index (χ3n) is 11.5. The molecule has 0 heterocycles. The molecule has 4 heteroatoms. The average Bonchev–Trinajstić information content (AvgIpc) is 3.19. The second kappa shape index (κ2) is 20.9. The van der Waals surface area contributed by atoms with Crippen LogP contribution in [0.4, 0.5) is 0 Å². The quantitative estimate of drug-likeness (QED) is 0.161. The molecular formula is C48H70O4. The van der Waals surface area contributed by atoms with E-state index >= 15 is 0 Å². The SMILES string of the molecule is CC.CC.CC.CC(C)(C1CCC(c2ccc(O)cc2)(c2ccc(O)cc2)CC1)C1CCC(c2ccc(O)cc2)(c2ccc(O)cc2)CC1.CCC. The van der Waals surface area contributed by atoms with Crippen LogP contribution >= 0.6 is 0 Å². The summed E-state index contributed by atoms with van der Waals surface area (Å²) in [5.41, 5.74) is 4.86. The molecule has 0 aromatic heterocycles. The van der Waals surface area contributed by atoms with Crippen LogP contribution < -0.4 is 0 Å². The summed E-state index contributed by atoms with van der Waals surface area (Å²) in [6, 6.07) is 30.9. The van der Waals surface area contributed by atoms with Gasteiger partial charge in [-0.3, -0.25) is 0 Å². The maximum absolute atomic E-state index is 9.99. The first-order valence-electron chi connectivity index (χ1n) is 20.2. The van der Waals surface area contributed by atoms with Crippen LogP contribution in [0.5, 0.6) is 23.0 Å². The Balaban J connectivity index is 0.000000960. The van der Waals surface area contributed by atoms with Gasteiger partial charge in [-0.05, 0) is 139 Å². The van der Waals surface area contributed by atoms with Gasteiger partial charge < -0.3 is 20.4 Å². The van der Waals surface area contributed by atoms with Gasteiger partial charge in [-0.25, -0.2) is 0 Å². The zero-order valence-electron chi connectivity index (χ0n) is 34.0. The van der Waals surface area contributed by atoms with Gasteiger partial charge in [-0.15, -0.1) is 0 Å². The van der Waals surface area contributed by atoms with Crippen molar-refractivity contribution in [1.29, 1.82) is 0 Å². The molecule has 0 spiro atoms.